The van der Waals surface area contributed by atoms with Gasteiger partial charge in [-0.2, -0.15) is 9.40 Å². The van der Waals surface area contributed by atoms with Crippen LogP contribution in [0.3, 0.4) is 0 Å². The quantitative estimate of drug-likeness (QED) is 0.644. The van der Waals surface area contributed by atoms with Crippen molar-refractivity contribution in [1.29, 1.82) is 0 Å². The zero-order valence-electron chi connectivity index (χ0n) is 16.0. The van der Waals surface area contributed by atoms with Crippen LogP contribution in [0, 0.1) is 5.82 Å². The van der Waals surface area contributed by atoms with Crippen molar-refractivity contribution in [3.05, 3.63) is 78.4 Å². The molecule has 0 aliphatic carbocycles. The maximum absolute atomic E-state index is 13.1. The number of hydrogen-bond acceptors (Lipinski definition) is 4. The Hall–Kier alpha value is -2.55. The van der Waals surface area contributed by atoms with Crippen LogP contribution in [0.25, 0.3) is 5.69 Å². The van der Waals surface area contributed by atoms with E-state index in [1.165, 1.54) is 34.1 Å². The van der Waals surface area contributed by atoms with Gasteiger partial charge in [0.2, 0.25) is 10.0 Å². The highest BCUT2D eigenvalue weighted by atomic mass is 32.2. The Morgan fingerprint density at radius 1 is 0.931 bits per heavy atom. The molecule has 29 heavy (non-hydrogen) atoms. The number of benzene rings is 2. The minimum atomic E-state index is -3.60. The SMILES string of the molecule is O=S(=O)(c1ccc(F)cc1)N1CCCN(Cc2ccc(-n3cccn3)cc2)CC1. The first-order chi connectivity index (χ1) is 14.0. The van der Waals surface area contributed by atoms with E-state index in [4.69, 9.17) is 0 Å². The Bertz CT molecular complexity index is 1040. The second-order valence-electron chi connectivity index (χ2n) is 7.10. The Kier molecular flexibility index (Phi) is 5.75. The third-order valence-electron chi connectivity index (χ3n) is 5.11. The molecule has 6 nitrogen and oxygen atoms in total. The molecule has 2 aromatic carbocycles. The summed E-state index contributed by atoms with van der Waals surface area (Å²) in [6.45, 7) is 3.14. The standard InChI is InChI=1S/C21H23FN4O2S/c22-19-5-9-21(10-6-19)29(27,28)25-13-2-12-24(15-16-25)17-18-3-7-20(8-4-18)26-14-1-11-23-26/h1,3-11,14H,2,12-13,15-17H2. The van der Waals surface area contributed by atoms with E-state index < -0.39 is 15.8 Å². The Morgan fingerprint density at radius 2 is 1.69 bits per heavy atom. The summed E-state index contributed by atoms with van der Waals surface area (Å²) >= 11 is 0. The molecule has 4 rings (SSSR count). The fourth-order valence-electron chi connectivity index (χ4n) is 3.54. The first-order valence-electron chi connectivity index (χ1n) is 9.59. The van der Waals surface area contributed by atoms with Gasteiger partial charge >= 0.3 is 0 Å². The maximum Gasteiger partial charge on any atom is 0.243 e. The minimum absolute atomic E-state index is 0.140. The van der Waals surface area contributed by atoms with Crippen LogP contribution in [0.2, 0.25) is 0 Å². The van der Waals surface area contributed by atoms with Crippen molar-refractivity contribution in [2.75, 3.05) is 26.2 Å². The Labute approximate surface area is 170 Å². The summed E-state index contributed by atoms with van der Waals surface area (Å²) in [4.78, 5) is 2.41. The molecule has 1 aromatic heterocycles. The molecule has 2 heterocycles. The van der Waals surface area contributed by atoms with Gasteiger partial charge in [-0.25, -0.2) is 17.5 Å². The summed E-state index contributed by atoms with van der Waals surface area (Å²) in [5.74, 6) is -0.440. The molecule has 0 unspecified atom stereocenters. The molecule has 0 bridgehead atoms. The molecular formula is C21H23FN4O2S. The lowest BCUT2D eigenvalue weighted by Gasteiger charge is -2.22. The maximum atomic E-state index is 13.1. The molecule has 0 radical (unpaired) electrons. The number of aromatic nitrogens is 2. The van der Waals surface area contributed by atoms with E-state index in [0.29, 0.717) is 19.6 Å². The zero-order valence-corrected chi connectivity index (χ0v) is 16.8. The highest BCUT2D eigenvalue weighted by Crippen LogP contribution is 2.19. The molecule has 0 atom stereocenters. The summed E-state index contributed by atoms with van der Waals surface area (Å²) in [5.41, 5.74) is 2.18. The summed E-state index contributed by atoms with van der Waals surface area (Å²) < 4.78 is 42.1. The molecule has 0 N–H and O–H groups in total. The molecule has 0 spiro atoms. The average Bonchev–Trinajstić information content (AvgIpc) is 3.15. The second kappa shape index (κ2) is 8.44. The van der Waals surface area contributed by atoms with Crippen molar-refractivity contribution in [3.63, 3.8) is 0 Å². The lowest BCUT2D eigenvalue weighted by Crippen LogP contribution is -2.35. The third kappa shape index (κ3) is 4.55. The topological polar surface area (TPSA) is 58.4 Å². The lowest BCUT2D eigenvalue weighted by atomic mass is 10.2. The van der Waals surface area contributed by atoms with Crippen LogP contribution >= 0.6 is 0 Å². The number of nitrogens with zero attached hydrogens (tertiary/aromatic N) is 4. The van der Waals surface area contributed by atoms with Crippen LogP contribution in [0.5, 0.6) is 0 Å². The van der Waals surface area contributed by atoms with E-state index in [-0.39, 0.29) is 4.90 Å². The Balaban J connectivity index is 1.39. The van der Waals surface area contributed by atoms with Crippen molar-refractivity contribution >= 4 is 10.0 Å². The molecule has 8 heteroatoms. The number of rotatable bonds is 5. The molecule has 1 fully saturated rings. The molecule has 1 aliphatic heterocycles. The van der Waals surface area contributed by atoms with Crippen LogP contribution < -0.4 is 0 Å². The average molecular weight is 415 g/mol. The third-order valence-corrected chi connectivity index (χ3v) is 7.02. The molecular weight excluding hydrogens is 391 g/mol. The predicted octanol–water partition coefficient (Wildman–Crippen LogP) is 2.91. The molecule has 1 saturated heterocycles. The smallest absolute Gasteiger partial charge is 0.243 e. The summed E-state index contributed by atoms with van der Waals surface area (Å²) in [5, 5.41) is 4.23. The largest absolute Gasteiger partial charge is 0.298 e. The number of halogens is 1. The van der Waals surface area contributed by atoms with E-state index >= 15 is 0 Å². The zero-order chi connectivity index (χ0) is 20.3. The van der Waals surface area contributed by atoms with Crippen LogP contribution in [-0.2, 0) is 16.6 Å². The van der Waals surface area contributed by atoms with Gasteiger partial charge in [-0.1, -0.05) is 12.1 Å². The highest BCUT2D eigenvalue weighted by Gasteiger charge is 2.26. The molecule has 0 saturated carbocycles. The first-order valence-corrected chi connectivity index (χ1v) is 11.0. The normalized spacial score (nSPS) is 16.6. The lowest BCUT2D eigenvalue weighted by molar-refractivity contribution is 0.278. The van der Waals surface area contributed by atoms with Crippen molar-refractivity contribution < 1.29 is 12.8 Å². The van der Waals surface area contributed by atoms with Crippen LogP contribution in [0.4, 0.5) is 4.39 Å². The fourth-order valence-corrected chi connectivity index (χ4v) is 5.00. The fraction of sp³-hybridized carbons (Fsp3) is 0.286. The monoisotopic (exact) mass is 414 g/mol. The number of hydrogen-bond donors (Lipinski definition) is 0. The van der Waals surface area contributed by atoms with Crippen molar-refractivity contribution in [1.82, 2.24) is 19.0 Å². The van der Waals surface area contributed by atoms with Crippen molar-refractivity contribution in [2.24, 2.45) is 0 Å². The molecule has 0 amide bonds. The van der Waals surface area contributed by atoms with Gasteiger partial charge in [-0.05, 0) is 61.0 Å². The summed E-state index contributed by atoms with van der Waals surface area (Å²) in [6, 6.07) is 15.1. The predicted molar refractivity (Wildman–Crippen MR) is 109 cm³/mol. The van der Waals surface area contributed by atoms with E-state index in [2.05, 4.69) is 22.1 Å². The highest BCUT2D eigenvalue weighted by molar-refractivity contribution is 7.89. The van der Waals surface area contributed by atoms with Crippen molar-refractivity contribution in [2.45, 2.75) is 17.9 Å². The second-order valence-corrected chi connectivity index (χ2v) is 9.04. The van der Waals surface area contributed by atoms with Gasteiger partial charge < -0.3 is 0 Å². The van der Waals surface area contributed by atoms with Gasteiger partial charge in [0, 0.05) is 38.6 Å². The van der Waals surface area contributed by atoms with Gasteiger partial charge in [0.05, 0.1) is 10.6 Å². The van der Waals surface area contributed by atoms with E-state index in [9.17, 15) is 12.8 Å². The molecule has 1 aliphatic rings. The van der Waals surface area contributed by atoms with Gasteiger partial charge in [-0.3, -0.25) is 4.90 Å². The van der Waals surface area contributed by atoms with E-state index in [1.807, 2.05) is 29.1 Å². The Morgan fingerprint density at radius 3 is 2.38 bits per heavy atom. The summed E-state index contributed by atoms with van der Waals surface area (Å²) in [6.07, 6.45) is 4.41. The first kappa shape index (κ1) is 19.8. The van der Waals surface area contributed by atoms with E-state index in [0.717, 1.165) is 25.2 Å². The van der Waals surface area contributed by atoms with Gasteiger partial charge in [0.1, 0.15) is 5.82 Å². The van der Waals surface area contributed by atoms with Crippen molar-refractivity contribution in [3.8, 4) is 5.69 Å². The van der Waals surface area contributed by atoms with Crippen LogP contribution in [-0.4, -0.2) is 53.6 Å². The minimum Gasteiger partial charge on any atom is -0.298 e. The van der Waals surface area contributed by atoms with Gasteiger partial charge in [0.15, 0.2) is 0 Å². The molecule has 152 valence electrons. The van der Waals surface area contributed by atoms with Crippen LogP contribution in [0.1, 0.15) is 12.0 Å². The van der Waals surface area contributed by atoms with Crippen LogP contribution in [0.15, 0.2) is 71.9 Å². The number of sulfonamides is 1. The summed E-state index contributed by atoms with van der Waals surface area (Å²) in [7, 11) is -3.60. The van der Waals surface area contributed by atoms with Gasteiger partial charge in [-0.15, -0.1) is 0 Å². The van der Waals surface area contributed by atoms with Gasteiger partial charge in [0.25, 0.3) is 0 Å². The van der Waals surface area contributed by atoms with E-state index in [1.54, 1.807) is 6.20 Å². The molecule has 3 aromatic rings.